The molecule has 2 N–H and O–H groups in total. The molecule has 0 aromatic heterocycles. The van der Waals surface area contributed by atoms with Gasteiger partial charge in [-0.2, -0.15) is 0 Å². The number of hydrogen-bond acceptors (Lipinski definition) is 2. The Hall–Kier alpha value is -0.730. The Balaban J connectivity index is 1.78. The minimum Gasteiger partial charge on any atom is -0.385 e. The molecule has 3 heteroatoms. The zero-order valence-electron chi connectivity index (χ0n) is 9.72. The van der Waals surface area contributed by atoms with Crippen molar-refractivity contribution in [2.24, 2.45) is 0 Å². The van der Waals surface area contributed by atoms with Gasteiger partial charge >= 0.3 is 0 Å². The predicted molar refractivity (Wildman–Crippen MR) is 70.3 cm³/mol. The standard InChI is InChI=1S/C13H19ClN2/c1-10-4-5-12(9-13(10)14)16-8-6-11-3-2-7-15-11/h4-5,9,11,15-16H,2-3,6-8H2,1H3. The van der Waals surface area contributed by atoms with E-state index >= 15 is 0 Å². The van der Waals surface area contributed by atoms with Crippen LogP contribution in [0.15, 0.2) is 18.2 Å². The minimum atomic E-state index is 0.702. The van der Waals surface area contributed by atoms with Gasteiger partial charge in [0.1, 0.15) is 0 Å². The van der Waals surface area contributed by atoms with Crippen LogP contribution < -0.4 is 10.6 Å². The number of rotatable bonds is 4. The predicted octanol–water partition coefficient (Wildman–Crippen LogP) is 3.20. The van der Waals surface area contributed by atoms with Crippen LogP contribution in [0.4, 0.5) is 5.69 Å². The zero-order valence-corrected chi connectivity index (χ0v) is 10.5. The lowest BCUT2D eigenvalue weighted by molar-refractivity contribution is 0.574. The van der Waals surface area contributed by atoms with Gasteiger partial charge in [-0.05, 0) is 50.4 Å². The summed E-state index contributed by atoms with van der Waals surface area (Å²) in [6, 6.07) is 6.84. The second-order valence-corrected chi connectivity index (χ2v) is 4.88. The van der Waals surface area contributed by atoms with E-state index in [1.807, 2.05) is 13.0 Å². The lowest BCUT2D eigenvalue weighted by Gasteiger charge is -2.12. The number of halogens is 1. The Kier molecular flexibility index (Phi) is 4.08. The highest BCUT2D eigenvalue weighted by Crippen LogP contribution is 2.20. The van der Waals surface area contributed by atoms with Crippen LogP contribution in [0.2, 0.25) is 5.02 Å². The van der Waals surface area contributed by atoms with Crippen LogP contribution in [-0.4, -0.2) is 19.1 Å². The molecule has 2 nitrogen and oxygen atoms in total. The maximum absolute atomic E-state index is 6.07. The van der Waals surface area contributed by atoms with Crippen molar-refractivity contribution < 1.29 is 0 Å². The summed E-state index contributed by atoms with van der Waals surface area (Å²) in [5, 5.41) is 7.75. The zero-order chi connectivity index (χ0) is 11.4. The summed E-state index contributed by atoms with van der Waals surface area (Å²) in [6.07, 6.45) is 3.82. The molecule has 1 atom stereocenters. The smallest absolute Gasteiger partial charge is 0.0455 e. The molecule has 1 aromatic carbocycles. The van der Waals surface area contributed by atoms with Crippen LogP contribution >= 0.6 is 11.6 Å². The van der Waals surface area contributed by atoms with E-state index < -0.39 is 0 Å². The third kappa shape index (κ3) is 3.13. The highest BCUT2D eigenvalue weighted by Gasteiger charge is 2.12. The Labute approximate surface area is 102 Å². The molecule has 0 bridgehead atoms. The topological polar surface area (TPSA) is 24.1 Å². The average molecular weight is 239 g/mol. The first kappa shape index (κ1) is 11.7. The first-order valence-electron chi connectivity index (χ1n) is 5.99. The summed E-state index contributed by atoms with van der Waals surface area (Å²) in [5.41, 5.74) is 2.25. The average Bonchev–Trinajstić information content (AvgIpc) is 2.76. The molecule has 1 aliphatic heterocycles. The maximum atomic E-state index is 6.07. The minimum absolute atomic E-state index is 0.702. The van der Waals surface area contributed by atoms with Crippen molar-refractivity contribution in [1.29, 1.82) is 0 Å². The molecule has 16 heavy (non-hydrogen) atoms. The van der Waals surface area contributed by atoms with Gasteiger partial charge in [-0.15, -0.1) is 0 Å². The third-order valence-corrected chi connectivity index (χ3v) is 3.56. The normalized spacial score (nSPS) is 20.0. The van der Waals surface area contributed by atoms with Crippen LogP contribution in [0.5, 0.6) is 0 Å². The largest absolute Gasteiger partial charge is 0.385 e. The molecule has 0 amide bonds. The van der Waals surface area contributed by atoms with E-state index in [9.17, 15) is 0 Å². The van der Waals surface area contributed by atoms with E-state index in [0.29, 0.717) is 6.04 Å². The van der Waals surface area contributed by atoms with E-state index in [-0.39, 0.29) is 0 Å². The summed E-state index contributed by atoms with van der Waals surface area (Å²) in [6.45, 7) is 4.21. The van der Waals surface area contributed by atoms with Crippen LogP contribution in [-0.2, 0) is 0 Å². The molecule has 1 fully saturated rings. The van der Waals surface area contributed by atoms with Gasteiger partial charge in [0.15, 0.2) is 0 Å². The van der Waals surface area contributed by atoms with Crippen LogP contribution in [0.25, 0.3) is 0 Å². The Morgan fingerprint density at radius 1 is 1.50 bits per heavy atom. The first-order valence-corrected chi connectivity index (χ1v) is 6.37. The monoisotopic (exact) mass is 238 g/mol. The van der Waals surface area contributed by atoms with E-state index in [1.165, 1.54) is 25.8 Å². The van der Waals surface area contributed by atoms with Gasteiger partial charge in [0, 0.05) is 23.3 Å². The molecule has 2 rings (SSSR count). The summed E-state index contributed by atoms with van der Waals surface area (Å²) < 4.78 is 0. The highest BCUT2D eigenvalue weighted by atomic mass is 35.5. The van der Waals surface area contributed by atoms with Crippen molar-refractivity contribution in [3.63, 3.8) is 0 Å². The second kappa shape index (κ2) is 5.55. The molecule has 88 valence electrons. The fourth-order valence-corrected chi connectivity index (χ4v) is 2.28. The van der Waals surface area contributed by atoms with Crippen molar-refractivity contribution in [1.82, 2.24) is 5.32 Å². The number of aryl methyl sites for hydroxylation is 1. The van der Waals surface area contributed by atoms with E-state index in [1.54, 1.807) is 0 Å². The fourth-order valence-electron chi connectivity index (χ4n) is 2.10. The highest BCUT2D eigenvalue weighted by molar-refractivity contribution is 6.31. The van der Waals surface area contributed by atoms with Gasteiger partial charge in [0.05, 0.1) is 0 Å². The van der Waals surface area contributed by atoms with Crippen molar-refractivity contribution >= 4 is 17.3 Å². The van der Waals surface area contributed by atoms with E-state index in [4.69, 9.17) is 11.6 Å². The van der Waals surface area contributed by atoms with Crippen molar-refractivity contribution in [2.75, 3.05) is 18.4 Å². The Bertz CT molecular complexity index is 346. The third-order valence-electron chi connectivity index (χ3n) is 3.16. The number of benzene rings is 1. The summed E-state index contributed by atoms with van der Waals surface area (Å²) in [7, 11) is 0. The second-order valence-electron chi connectivity index (χ2n) is 4.47. The molecular weight excluding hydrogens is 220 g/mol. The van der Waals surface area contributed by atoms with Gasteiger partial charge in [0.2, 0.25) is 0 Å². The molecule has 0 saturated carbocycles. The van der Waals surface area contributed by atoms with Gasteiger partial charge in [-0.25, -0.2) is 0 Å². The maximum Gasteiger partial charge on any atom is 0.0455 e. The molecule has 1 heterocycles. The molecule has 1 saturated heterocycles. The molecule has 0 aliphatic carbocycles. The van der Waals surface area contributed by atoms with Gasteiger partial charge < -0.3 is 10.6 Å². The molecule has 0 spiro atoms. The number of hydrogen-bond donors (Lipinski definition) is 2. The van der Waals surface area contributed by atoms with Crippen LogP contribution in [0, 0.1) is 6.92 Å². The van der Waals surface area contributed by atoms with Gasteiger partial charge in [0.25, 0.3) is 0 Å². The molecule has 1 unspecified atom stereocenters. The first-order chi connectivity index (χ1) is 7.75. The molecule has 1 aromatic rings. The number of nitrogens with one attached hydrogen (secondary N) is 2. The van der Waals surface area contributed by atoms with Crippen molar-refractivity contribution in [2.45, 2.75) is 32.2 Å². The lowest BCUT2D eigenvalue weighted by Crippen LogP contribution is -2.24. The van der Waals surface area contributed by atoms with Crippen LogP contribution in [0.3, 0.4) is 0 Å². The Morgan fingerprint density at radius 3 is 3.06 bits per heavy atom. The fraction of sp³-hybridized carbons (Fsp3) is 0.538. The lowest BCUT2D eigenvalue weighted by atomic mass is 10.1. The number of anilines is 1. The van der Waals surface area contributed by atoms with E-state index in [0.717, 1.165) is 22.8 Å². The summed E-state index contributed by atoms with van der Waals surface area (Å²) in [4.78, 5) is 0. The van der Waals surface area contributed by atoms with E-state index in [2.05, 4.69) is 22.8 Å². The Morgan fingerprint density at radius 2 is 2.38 bits per heavy atom. The summed E-state index contributed by atoms with van der Waals surface area (Å²) >= 11 is 6.07. The SMILES string of the molecule is Cc1ccc(NCCC2CCCN2)cc1Cl. The molecule has 1 aliphatic rings. The molecule has 0 radical (unpaired) electrons. The van der Waals surface area contributed by atoms with Crippen molar-refractivity contribution in [3.05, 3.63) is 28.8 Å². The van der Waals surface area contributed by atoms with Crippen molar-refractivity contribution in [3.8, 4) is 0 Å². The molecular formula is C13H19ClN2. The quantitative estimate of drug-likeness (QED) is 0.842. The van der Waals surface area contributed by atoms with Gasteiger partial charge in [-0.1, -0.05) is 17.7 Å². The van der Waals surface area contributed by atoms with Gasteiger partial charge in [-0.3, -0.25) is 0 Å². The summed E-state index contributed by atoms with van der Waals surface area (Å²) in [5.74, 6) is 0. The van der Waals surface area contributed by atoms with Crippen LogP contribution in [0.1, 0.15) is 24.8 Å².